The monoisotopic (exact) mass is 130 g/mol. The smallest absolute Gasteiger partial charge is 0.0446 e. The summed E-state index contributed by atoms with van der Waals surface area (Å²) < 4.78 is 0. The first-order valence-electron chi connectivity index (χ1n) is 4.31. The highest BCUT2D eigenvalue weighted by molar-refractivity contribution is 4.45. The Kier molecular flexibility index (Phi) is 14.2. The average molecular weight is 130 g/mol. The summed E-state index contributed by atoms with van der Waals surface area (Å²) in [5.41, 5.74) is 0. The van der Waals surface area contributed by atoms with Gasteiger partial charge >= 0.3 is 0 Å². The molecule has 0 amide bonds. The van der Waals surface area contributed by atoms with Crippen LogP contribution in [0.1, 0.15) is 53.9 Å². The van der Waals surface area contributed by atoms with Crippen LogP contribution in [0.25, 0.3) is 0 Å². The van der Waals surface area contributed by atoms with Crippen LogP contribution in [-0.2, 0) is 0 Å². The van der Waals surface area contributed by atoms with Gasteiger partial charge in [0.05, 0.1) is 0 Å². The van der Waals surface area contributed by atoms with Gasteiger partial charge in [-0.25, -0.2) is 0 Å². The van der Waals surface area contributed by atoms with E-state index in [0.717, 1.165) is 5.92 Å². The Labute approximate surface area is 60.7 Å². The fourth-order valence-corrected chi connectivity index (χ4v) is 0.697. The van der Waals surface area contributed by atoms with Gasteiger partial charge in [-0.1, -0.05) is 53.9 Å². The van der Waals surface area contributed by atoms with Gasteiger partial charge in [0.2, 0.25) is 0 Å². The first-order chi connectivity index (χ1) is 4.31. The van der Waals surface area contributed by atoms with Gasteiger partial charge in [-0.15, -0.1) is 0 Å². The minimum atomic E-state index is 0.949. The van der Waals surface area contributed by atoms with Gasteiger partial charge in [0.25, 0.3) is 0 Å². The first-order valence-corrected chi connectivity index (χ1v) is 4.31. The van der Waals surface area contributed by atoms with Crippen LogP contribution in [0.5, 0.6) is 0 Å². The third-order valence-electron chi connectivity index (χ3n) is 1.48. The zero-order valence-electron chi connectivity index (χ0n) is 7.70. The SMILES string of the molecule is CC.CCC[C@H](C)CC. The van der Waals surface area contributed by atoms with Gasteiger partial charge in [0.1, 0.15) is 0 Å². The van der Waals surface area contributed by atoms with Crippen molar-refractivity contribution in [3.05, 3.63) is 0 Å². The van der Waals surface area contributed by atoms with E-state index in [9.17, 15) is 0 Å². The molecule has 0 spiro atoms. The highest BCUT2D eigenvalue weighted by Gasteiger charge is 1.92. The van der Waals surface area contributed by atoms with Crippen LogP contribution in [0, 0.1) is 5.92 Å². The van der Waals surface area contributed by atoms with Crippen molar-refractivity contribution in [3.8, 4) is 0 Å². The first kappa shape index (κ1) is 11.8. The van der Waals surface area contributed by atoms with Gasteiger partial charge in [0, 0.05) is 0 Å². The molecule has 0 rings (SSSR count). The van der Waals surface area contributed by atoms with Crippen LogP contribution in [0.3, 0.4) is 0 Å². The van der Waals surface area contributed by atoms with Gasteiger partial charge in [0.15, 0.2) is 0 Å². The van der Waals surface area contributed by atoms with Gasteiger partial charge < -0.3 is 0 Å². The Morgan fingerprint density at radius 1 is 1.11 bits per heavy atom. The van der Waals surface area contributed by atoms with E-state index in [1.165, 1.54) is 19.3 Å². The quantitative estimate of drug-likeness (QED) is 0.544. The normalized spacial score (nSPS) is 11.7. The molecule has 0 saturated carbocycles. The Bertz CT molecular complexity index is 31.0. The van der Waals surface area contributed by atoms with Crippen LogP contribution in [0.15, 0.2) is 0 Å². The van der Waals surface area contributed by atoms with E-state index >= 15 is 0 Å². The molecule has 0 nitrogen and oxygen atoms in total. The second-order valence-corrected chi connectivity index (χ2v) is 2.30. The van der Waals surface area contributed by atoms with Gasteiger partial charge in [-0.2, -0.15) is 0 Å². The zero-order valence-corrected chi connectivity index (χ0v) is 7.70. The van der Waals surface area contributed by atoms with Crippen molar-refractivity contribution in [1.82, 2.24) is 0 Å². The molecule has 0 aromatic carbocycles. The molecule has 1 atom stereocenters. The molecule has 9 heavy (non-hydrogen) atoms. The predicted molar refractivity (Wildman–Crippen MR) is 45.7 cm³/mol. The average Bonchev–Trinajstić information content (AvgIpc) is 1.93. The zero-order chi connectivity index (χ0) is 7.70. The molecule has 0 heteroatoms. The Morgan fingerprint density at radius 2 is 1.56 bits per heavy atom. The van der Waals surface area contributed by atoms with E-state index in [1.807, 2.05) is 13.8 Å². The number of rotatable bonds is 3. The highest BCUT2D eigenvalue weighted by Crippen LogP contribution is 2.07. The van der Waals surface area contributed by atoms with Gasteiger partial charge in [-0.05, 0) is 5.92 Å². The van der Waals surface area contributed by atoms with E-state index in [4.69, 9.17) is 0 Å². The molecule has 0 fully saturated rings. The molecule has 0 N–H and O–H groups in total. The fraction of sp³-hybridized carbons (Fsp3) is 1.00. The lowest BCUT2D eigenvalue weighted by atomic mass is 10.0. The maximum Gasteiger partial charge on any atom is -0.0446 e. The third-order valence-corrected chi connectivity index (χ3v) is 1.48. The minimum absolute atomic E-state index is 0.949. The molecular formula is C9H22. The molecule has 0 saturated heterocycles. The van der Waals surface area contributed by atoms with Crippen LogP contribution < -0.4 is 0 Å². The lowest BCUT2D eigenvalue weighted by Crippen LogP contribution is -1.88. The molecule has 0 aliphatic rings. The molecule has 0 aromatic rings. The second-order valence-electron chi connectivity index (χ2n) is 2.30. The summed E-state index contributed by atoms with van der Waals surface area (Å²) in [5, 5.41) is 0. The Hall–Kier alpha value is 0. The largest absolute Gasteiger partial charge is 0.0683 e. The van der Waals surface area contributed by atoms with E-state index in [1.54, 1.807) is 0 Å². The third kappa shape index (κ3) is 11.5. The Morgan fingerprint density at radius 3 is 1.67 bits per heavy atom. The summed E-state index contributed by atoms with van der Waals surface area (Å²) >= 11 is 0. The van der Waals surface area contributed by atoms with Crippen LogP contribution in [-0.4, -0.2) is 0 Å². The van der Waals surface area contributed by atoms with Crippen molar-refractivity contribution in [3.63, 3.8) is 0 Å². The molecule has 0 aliphatic heterocycles. The molecule has 0 unspecified atom stereocenters. The van der Waals surface area contributed by atoms with Crippen LogP contribution >= 0.6 is 0 Å². The van der Waals surface area contributed by atoms with E-state index in [2.05, 4.69) is 20.8 Å². The number of hydrogen-bond donors (Lipinski definition) is 0. The summed E-state index contributed by atoms with van der Waals surface area (Å²) in [6.07, 6.45) is 4.08. The van der Waals surface area contributed by atoms with Crippen molar-refractivity contribution in [1.29, 1.82) is 0 Å². The molecule has 0 aromatic heterocycles. The topological polar surface area (TPSA) is 0 Å². The molecular weight excluding hydrogens is 108 g/mol. The molecule has 58 valence electrons. The summed E-state index contributed by atoms with van der Waals surface area (Å²) in [5.74, 6) is 0.949. The van der Waals surface area contributed by atoms with Crippen molar-refractivity contribution >= 4 is 0 Å². The molecule has 0 heterocycles. The van der Waals surface area contributed by atoms with Crippen molar-refractivity contribution in [2.24, 2.45) is 5.92 Å². The molecule has 0 bridgehead atoms. The fourth-order valence-electron chi connectivity index (χ4n) is 0.697. The maximum atomic E-state index is 2.31. The van der Waals surface area contributed by atoms with Gasteiger partial charge in [-0.3, -0.25) is 0 Å². The summed E-state index contributed by atoms with van der Waals surface area (Å²) in [6.45, 7) is 10.8. The molecule has 0 aliphatic carbocycles. The number of hydrogen-bond acceptors (Lipinski definition) is 0. The predicted octanol–water partition coefficient (Wildman–Crippen LogP) is 3.86. The minimum Gasteiger partial charge on any atom is -0.0683 e. The maximum absolute atomic E-state index is 2.31. The van der Waals surface area contributed by atoms with Crippen LogP contribution in [0.4, 0.5) is 0 Å². The summed E-state index contributed by atoms with van der Waals surface area (Å²) in [4.78, 5) is 0. The lowest BCUT2D eigenvalue weighted by molar-refractivity contribution is 0.509. The van der Waals surface area contributed by atoms with Crippen LogP contribution in [0.2, 0.25) is 0 Å². The summed E-state index contributed by atoms with van der Waals surface area (Å²) in [6, 6.07) is 0. The highest BCUT2D eigenvalue weighted by atomic mass is 14.0. The van der Waals surface area contributed by atoms with Crippen molar-refractivity contribution in [2.45, 2.75) is 53.9 Å². The van der Waals surface area contributed by atoms with E-state index < -0.39 is 0 Å². The van der Waals surface area contributed by atoms with E-state index in [-0.39, 0.29) is 0 Å². The van der Waals surface area contributed by atoms with Crippen molar-refractivity contribution in [2.75, 3.05) is 0 Å². The molecule has 0 radical (unpaired) electrons. The van der Waals surface area contributed by atoms with Crippen molar-refractivity contribution < 1.29 is 0 Å². The second kappa shape index (κ2) is 10.9. The summed E-state index contributed by atoms with van der Waals surface area (Å²) in [7, 11) is 0. The van der Waals surface area contributed by atoms with E-state index in [0.29, 0.717) is 0 Å². The lowest BCUT2D eigenvalue weighted by Gasteiger charge is -2.02. The standard InChI is InChI=1S/C7H16.C2H6/c1-4-6-7(3)5-2;1-2/h7H,4-6H2,1-3H3;1-2H3/t7-;/m1./s1. The Balaban J connectivity index is 0.